The second-order valence-corrected chi connectivity index (χ2v) is 10.8. The molecule has 1 amide bonds. The Hall–Kier alpha value is -3.14. The molecule has 3 aromatic rings. The van der Waals surface area contributed by atoms with Gasteiger partial charge >= 0.3 is 6.09 Å². The molecule has 1 aromatic heterocycles. The lowest BCUT2D eigenvalue weighted by atomic mass is 9.92. The summed E-state index contributed by atoms with van der Waals surface area (Å²) in [5, 5.41) is 2.56. The zero-order valence-electron chi connectivity index (χ0n) is 19.1. The van der Waals surface area contributed by atoms with E-state index in [9.17, 15) is 22.8 Å². The van der Waals surface area contributed by atoms with Crippen LogP contribution in [0.3, 0.4) is 0 Å². The van der Waals surface area contributed by atoms with E-state index in [0.29, 0.717) is 5.56 Å². The summed E-state index contributed by atoms with van der Waals surface area (Å²) in [5.41, 5.74) is 0.718. The average molecular weight is 537 g/mol. The molecule has 1 heterocycles. The number of amides is 1. The second kappa shape index (κ2) is 10.6. The van der Waals surface area contributed by atoms with E-state index in [-0.39, 0.29) is 49.6 Å². The molecule has 184 valence electrons. The molecular formula is C24H22Cl2N2O6S. The fourth-order valence-electron chi connectivity index (χ4n) is 3.33. The van der Waals surface area contributed by atoms with Gasteiger partial charge in [0.25, 0.3) is 5.56 Å². The molecule has 0 saturated heterocycles. The van der Waals surface area contributed by atoms with Crippen LogP contribution in [0.4, 0.5) is 4.79 Å². The van der Waals surface area contributed by atoms with Crippen molar-refractivity contribution in [3.8, 4) is 16.9 Å². The van der Waals surface area contributed by atoms with Gasteiger partial charge < -0.3 is 14.6 Å². The fraction of sp³-hybridized carbons (Fsp3) is 0.208. The van der Waals surface area contributed by atoms with Gasteiger partial charge in [0.1, 0.15) is 5.75 Å². The van der Waals surface area contributed by atoms with E-state index in [2.05, 4.69) is 5.32 Å². The molecular weight excluding hydrogens is 515 g/mol. The molecule has 8 nitrogen and oxygen atoms in total. The van der Waals surface area contributed by atoms with Crippen LogP contribution in [0.25, 0.3) is 11.1 Å². The van der Waals surface area contributed by atoms with Crippen molar-refractivity contribution in [3.63, 3.8) is 0 Å². The third-order valence-corrected chi connectivity index (χ3v) is 7.71. The van der Waals surface area contributed by atoms with E-state index in [1.807, 2.05) is 0 Å². The van der Waals surface area contributed by atoms with Crippen LogP contribution < -0.4 is 15.6 Å². The van der Waals surface area contributed by atoms with Gasteiger partial charge in [-0.3, -0.25) is 9.59 Å². The minimum Gasteiger partial charge on any atom is -0.409 e. The Labute approximate surface area is 212 Å². The topological polar surface area (TPSA) is 112 Å². The van der Waals surface area contributed by atoms with Crippen LogP contribution in [0.15, 0.2) is 53.5 Å². The minimum absolute atomic E-state index is 0.0602. The number of halogens is 2. The third-order valence-electron chi connectivity index (χ3n) is 5.24. The molecule has 0 atom stereocenters. The average Bonchev–Trinajstić information content (AvgIpc) is 2.82. The third kappa shape index (κ3) is 5.93. The number of ether oxygens (including phenoxy) is 1. The van der Waals surface area contributed by atoms with Crippen molar-refractivity contribution in [3.05, 3.63) is 85.8 Å². The summed E-state index contributed by atoms with van der Waals surface area (Å²) < 4.78 is 31.1. The zero-order chi connectivity index (χ0) is 25.9. The lowest BCUT2D eigenvalue weighted by Crippen LogP contribution is -2.24. The Morgan fingerprint density at radius 2 is 1.77 bits per heavy atom. The summed E-state index contributed by atoms with van der Waals surface area (Å²) in [6.07, 6.45) is 0.583. The number of ketones is 1. The van der Waals surface area contributed by atoms with E-state index >= 15 is 0 Å². The quantitative estimate of drug-likeness (QED) is 0.452. The van der Waals surface area contributed by atoms with E-state index in [1.54, 1.807) is 12.1 Å². The molecule has 1 N–H and O–H groups in total. The standard InChI is InChI=1S/C24H22Cl2N2O6S/c1-4-35(32,33)13-14-8-9-15(23(30)16-6-5-7-19(25)22(16)26)17(10-14)18-12-28(3)21(29)11-20(18)34-24(31)27-2/h5-12H,4,13H2,1-3H3,(H,27,31). The number of nitrogens with one attached hydrogen (secondary N) is 1. The van der Waals surface area contributed by atoms with Crippen molar-refractivity contribution < 1.29 is 22.7 Å². The summed E-state index contributed by atoms with van der Waals surface area (Å²) in [4.78, 5) is 37.8. The number of aromatic nitrogens is 1. The van der Waals surface area contributed by atoms with Crippen LogP contribution in [0.1, 0.15) is 28.4 Å². The Bertz CT molecular complexity index is 1480. The summed E-state index contributed by atoms with van der Waals surface area (Å²) in [5.74, 6) is -0.918. The predicted octanol–water partition coefficient (Wildman–Crippen LogP) is 4.24. The van der Waals surface area contributed by atoms with Crippen molar-refractivity contribution in [1.29, 1.82) is 0 Å². The SMILES string of the molecule is CCS(=O)(=O)Cc1ccc(C(=O)c2cccc(Cl)c2Cl)c(-c2cn(C)c(=O)cc2OC(=O)NC)c1. The van der Waals surface area contributed by atoms with Gasteiger partial charge in [-0.15, -0.1) is 0 Å². The Morgan fingerprint density at radius 1 is 1.06 bits per heavy atom. The minimum atomic E-state index is -3.39. The Balaban J connectivity index is 2.31. The largest absolute Gasteiger partial charge is 0.412 e. The van der Waals surface area contributed by atoms with Crippen LogP contribution in [-0.4, -0.2) is 37.7 Å². The number of carbonyl (C=O) groups excluding carboxylic acids is 2. The number of rotatable bonds is 7. The van der Waals surface area contributed by atoms with Gasteiger partial charge in [0, 0.05) is 48.8 Å². The molecule has 0 spiro atoms. The molecule has 3 rings (SSSR count). The van der Waals surface area contributed by atoms with E-state index in [4.69, 9.17) is 27.9 Å². The molecule has 35 heavy (non-hydrogen) atoms. The van der Waals surface area contributed by atoms with Crippen molar-refractivity contribution in [2.24, 2.45) is 7.05 Å². The molecule has 2 aromatic carbocycles. The van der Waals surface area contributed by atoms with Gasteiger partial charge in [0.15, 0.2) is 15.6 Å². The van der Waals surface area contributed by atoms with Crippen LogP contribution >= 0.6 is 23.2 Å². The van der Waals surface area contributed by atoms with Gasteiger partial charge in [-0.1, -0.05) is 48.3 Å². The summed E-state index contributed by atoms with van der Waals surface area (Å²) in [6.45, 7) is 1.54. The Morgan fingerprint density at radius 3 is 2.43 bits per heavy atom. The van der Waals surface area contributed by atoms with Crippen molar-refractivity contribution in [2.75, 3.05) is 12.8 Å². The van der Waals surface area contributed by atoms with Crippen molar-refractivity contribution in [1.82, 2.24) is 9.88 Å². The number of sulfone groups is 1. The zero-order valence-corrected chi connectivity index (χ0v) is 21.4. The molecule has 0 saturated carbocycles. The summed E-state index contributed by atoms with van der Waals surface area (Å²) >= 11 is 12.4. The second-order valence-electron chi connectivity index (χ2n) is 7.63. The molecule has 0 unspecified atom stereocenters. The number of benzene rings is 2. The van der Waals surface area contributed by atoms with Crippen LogP contribution in [-0.2, 0) is 22.6 Å². The molecule has 0 aliphatic carbocycles. The predicted molar refractivity (Wildman–Crippen MR) is 135 cm³/mol. The first-order valence-corrected chi connectivity index (χ1v) is 13.0. The van der Waals surface area contributed by atoms with Gasteiger partial charge in [-0.25, -0.2) is 13.2 Å². The van der Waals surface area contributed by atoms with Gasteiger partial charge in [-0.05, 0) is 29.3 Å². The lowest BCUT2D eigenvalue weighted by Gasteiger charge is -2.16. The molecule has 0 fully saturated rings. The maximum Gasteiger partial charge on any atom is 0.412 e. The smallest absolute Gasteiger partial charge is 0.409 e. The molecule has 0 radical (unpaired) electrons. The van der Waals surface area contributed by atoms with Gasteiger partial charge in [0.2, 0.25) is 0 Å². The maximum absolute atomic E-state index is 13.6. The number of carbonyl (C=O) groups is 2. The number of aryl methyl sites for hydroxylation is 1. The van der Waals surface area contributed by atoms with Gasteiger partial charge in [0.05, 0.1) is 15.8 Å². The number of nitrogens with zero attached hydrogens (tertiary/aromatic N) is 1. The van der Waals surface area contributed by atoms with Crippen molar-refractivity contribution >= 4 is 44.9 Å². The normalized spacial score (nSPS) is 11.2. The Kier molecular flexibility index (Phi) is 8.04. The highest BCUT2D eigenvalue weighted by atomic mass is 35.5. The number of hydrogen-bond acceptors (Lipinski definition) is 6. The summed E-state index contributed by atoms with van der Waals surface area (Å²) in [6, 6.07) is 10.3. The highest BCUT2D eigenvalue weighted by molar-refractivity contribution is 7.90. The van der Waals surface area contributed by atoms with Crippen LogP contribution in [0.2, 0.25) is 10.0 Å². The molecule has 0 bridgehead atoms. The fourth-order valence-corrected chi connectivity index (χ4v) is 4.61. The molecule has 0 aliphatic heterocycles. The molecule has 11 heteroatoms. The van der Waals surface area contributed by atoms with Crippen LogP contribution in [0, 0.1) is 0 Å². The first kappa shape index (κ1) is 26.5. The first-order chi connectivity index (χ1) is 16.5. The molecule has 0 aliphatic rings. The number of hydrogen-bond donors (Lipinski definition) is 1. The van der Waals surface area contributed by atoms with E-state index in [0.717, 1.165) is 6.07 Å². The lowest BCUT2D eigenvalue weighted by molar-refractivity contribution is 0.103. The van der Waals surface area contributed by atoms with E-state index < -0.39 is 27.3 Å². The monoisotopic (exact) mass is 536 g/mol. The van der Waals surface area contributed by atoms with E-state index in [1.165, 1.54) is 56.0 Å². The van der Waals surface area contributed by atoms with Crippen LogP contribution in [0.5, 0.6) is 5.75 Å². The first-order valence-electron chi connectivity index (χ1n) is 10.4. The van der Waals surface area contributed by atoms with Crippen molar-refractivity contribution in [2.45, 2.75) is 12.7 Å². The van der Waals surface area contributed by atoms with Gasteiger partial charge in [-0.2, -0.15) is 0 Å². The number of pyridine rings is 1. The summed E-state index contributed by atoms with van der Waals surface area (Å²) in [7, 11) is -0.538. The highest BCUT2D eigenvalue weighted by Gasteiger charge is 2.23. The maximum atomic E-state index is 13.6. The highest BCUT2D eigenvalue weighted by Crippen LogP contribution is 2.35.